The highest BCUT2D eigenvalue weighted by atomic mass is 35.5. The summed E-state index contributed by atoms with van der Waals surface area (Å²) >= 11 is 12.1. The zero-order valence-electron chi connectivity index (χ0n) is 12.8. The van der Waals surface area contributed by atoms with Gasteiger partial charge in [-0.3, -0.25) is 0 Å². The van der Waals surface area contributed by atoms with E-state index in [0.717, 1.165) is 5.56 Å². The molecular weight excluding hydrogens is 347 g/mol. The molecule has 2 aromatic carbocycles. The van der Waals surface area contributed by atoms with E-state index in [4.69, 9.17) is 33.7 Å². The Labute approximate surface area is 149 Å². The van der Waals surface area contributed by atoms with E-state index in [-0.39, 0.29) is 11.6 Å². The molecule has 0 fully saturated rings. The number of nitrogens with one attached hydrogen (secondary N) is 1. The van der Waals surface area contributed by atoms with Gasteiger partial charge in [-0.1, -0.05) is 40.9 Å². The molecule has 122 valence electrons. The fraction of sp³-hybridized carbons (Fsp3) is 0.0588. The summed E-state index contributed by atoms with van der Waals surface area (Å²) in [6.45, 7) is 2.00. The van der Waals surface area contributed by atoms with Gasteiger partial charge in [0.25, 0.3) is 0 Å². The number of halogens is 2. The Morgan fingerprint density at radius 1 is 1.04 bits per heavy atom. The predicted molar refractivity (Wildman–Crippen MR) is 97.4 cm³/mol. The molecule has 1 aromatic heterocycles. The van der Waals surface area contributed by atoms with Gasteiger partial charge in [0.05, 0.1) is 10.7 Å². The monoisotopic (exact) mass is 360 g/mol. The van der Waals surface area contributed by atoms with Crippen LogP contribution in [0.1, 0.15) is 5.56 Å². The van der Waals surface area contributed by atoms with Gasteiger partial charge in [-0.05, 0) is 37.3 Å². The molecule has 3 aromatic rings. The van der Waals surface area contributed by atoms with Crippen LogP contribution >= 0.6 is 23.2 Å². The Bertz CT molecular complexity index is 869. The second-order valence-electron chi connectivity index (χ2n) is 5.11. The third kappa shape index (κ3) is 3.69. The van der Waals surface area contributed by atoms with Gasteiger partial charge in [0.15, 0.2) is 5.82 Å². The highest BCUT2D eigenvalue weighted by Crippen LogP contribution is 2.33. The molecule has 0 unspecified atom stereocenters. The molecule has 0 saturated heterocycles. The second-order valence-corrected chi connectivity index (χ2v) is 5.95. The van der Waals surface area contributed by atoms with Crippen LogP contribution in [0.15, 0.2) is 48.8 Å². The maximum absolute atomic E-state index is 6.15. The van der Waals surface area contributed by atoms with E-state index in [1.165, 1.54) is 6.33 Å². The molecule has 0 aliphatic carbocycles. The number of rotatable bonds is 4. The maximum atomic E-state index is 6.15. The minimum atomic E-state index is 0.259. The molecule has 0 radical (unpaired) electrons. The maximum Gasteiger partial charge on any atom is 0.248 e. The number of benzene rings is 2. The fourth-order valence-electron chi connectivity index (χ4n) is 2.00. The number of aromatic nitrogens is 2. The van der Waals surface area contributed by atoms with Crippen LogP contribution in [0.4, 0.5) is 17.2 Å². The molecule has 5 nitrogen and oxygen atoms in total. The van der Waals surface area contributed by atoms with E-state index >= 15 is 0 Å². The predicted octanol–water partition coefficient (Wildman–Crippen LogP) is 5.21. The second kappa shape index (κ2) is 6.95. The highest BCUT2D eigenvalue weighted by molar-refractivity contribution is 6.35. The van der Waals surface area contributed by atoms with Gasteiger partial charge in [-0.15, -0.1) is 0 Å². The van der Waals surface area contributed by atoms with Gasteiger partial charge in [-0.2, -0.15) is 4.98 Å². The molecule has 7 heteroatoms. The van der Waals surface area contributed by atoms with E-state index in [0.29, 0.717) is 27.3 Å². The summed E-state index contributed by atoms with van der Waals surface area (Å²) in [4.78, 5) is 8.21. The fourth-order valence-corrected chi connectivity index (χ4v) is 2.34. The van der Waals surface area contributed by atoms with E-state index in [2.05, 4.69) is 15.3 Å². The molecule has 24 heavy (non-hydrogen) atoms. The summed E-state index contributed by atoms with van der Waals surface area (Å²) < 4.78 is 5.72. The number of ether oxygens (including phenoxy) is 1. The Balaban J connectivity index is 1.88. The van der Waals surface area contributed by atoms with Crippen molar-refractivity contribution in [1.29, 1.82) is 0 Å². The van der Waals surface area contributed by atoms with Crippen molar-refractivity contribution < 1.29 is 4.74 Å². The molecule has 3 N–H and O–H groups in total. The number of nitrogens with two attached hydrogens (primary N) is 1. The molecule has 0 bridgehead atoms. The summed E-state index contributed by atoms with van der Waals surface area (Å²) in [6, 6.07) is 12.6. The van der Waals surface area contributed by atoms with E-state index in [9.17, 15) is 0 Å². The zero-order chi connectivity index (χ0) is 17.1. The van der Waals surface area contributed by atoms with Crippen molar-refractivity contribution in [3.63, 3.8) is 0 Å². The Morgan fingerprint density at radius 2 is 1.79 bits per heavy atom. The van der Waals surface area contributed by atoms with Gasteiger partial charge >= 0.3 is 0 Å². The highest BCUT2D eigenvalue weighted by Gasteiger charge is 2.12. The third-order valence-electron chi connectivity index (χ3n) is 3.26. The smallest absolute Gasteiger partial charge is 0.248 e. The molecular formula is C17H14Cl2N4O. The van der Waals surface area contributed by atoms with Crippen LogP contribution in [0.3, 0.4) is 0 Å². The SMILES string of the molecule is Cc1ccc(Oc2ncnc(Nc3cc(Cl)ccc3Cl)c2N)cc1. The van der Waals surface area contributed by atoms with Crippen LogP contribution in [0.25, 0.3) is 0 Å². The molecule has 0 saturated carbocycles. The van der Waals surface area contributed by atoms with Crippen LogP contribution < -0.4 is 15.8 Å². The normalized spacial score (nSPS) is 10.5. The minimum absolute atomic E-state index is 0.259. The number of nitrogens with zero attached hydrogens (tertiary/aromatic N) is 2. The van der Waals surface area contributed by atoms with Crippen molar-refractivity contribution in [3.05, 3.63) is 64.4 Å². The van der Waals surface area contributed by atoms with Crippen molar-refractivity contribution in [1.82, 2.24) is 9.97 Å². The minimum Gasteiger partial charge on any atom is -0.437 e. The Hall–Kier alpha value is -2.50. The first-order valence-corrected chi connectivity index (χ1v) is 7.85. The zero-order valence-corrected chi connectivity index (χ0v) is 14.3. The molecule has 0 amide bonds. The lowest BCUT2D eigenvalue weighted by Crippen LogP contribution is -2.03. The molecule has 0 aliphatic rings. The first kappa shape index (κ1) is 16.4. The van der Waals surface area contributed by atoms with Crippen LogP contribution in [0.2, 0.25) is 10.0 Å². The van der Waals surface area contributed by atoms with Gasteiger partial charge in [0.2, 0.25) is 5.88 Å². The average molecular weight is 361 g/mol. The van der Waals surface area contributed by atoms with Crippen molar-refractivity contribution in [3.8, 4) is 11.6 Å². The summed E-state index contributed by atoms with van der Waals surface area (Å²) in [5.74, 6) is 1.28. The van der Waals surface area contributed by atoms with E-state index in [1.54, 1.807) is 18.2 Å². The third-order valence-corrected chi connectivity index (χ3v) is 3.83. The average Bonchev–Trinajstić information content (AvgIpc) is 2.56. The first-order chi connectivity index (χ1) is 11.5. The molecule has 0 atom stereocenters. The lowest BCUT2D eigenvalue weighted by Gasteiger charge is -2.13. The summed E-state index contributed by atoms with van der Waals surface area (Å²) in [5.41, 5.74) is 8.11. The van der Waals surface area contributed by atoms with Crippen LogP contribution in [0, 0.1) is 6.92 Å². The lowest BCUT2D eigenvalue weighted by atomic mass is 10.2. The number of aryl methyl sites for hydroxylation is 1. The number of hydrogen-bond donors (Lipinski definition) is 2. The van der Waals surface area contributed by atoms with Gasteiger partial charge in [0, 0.05) is 5.02 Å². The van der Waals surface area contributed by atoms with Crippen LogP contribution in [-0.4, -0.2) is 9.97 Å². The quantitative estimate of drug-likeness (QED) is 0.667. The number of nitrogen functional groups attached to an aromatic ring is 1. The van der Waals surface area contributed by atoms with Crippen LogP contribution in [-0.2, 0) is 0 Å². The summed E-state index contributed by atoms with van der Waals surface area (Å²) in [5, 5.41) is 4.09. The topological polar surface area (TPSA) is 73.1 Å². The lowest BCUT2D eigenvalue weighted by molar-refractivity contribution is 0.464. The van der Waals surface area contributed by atoms with Gasteiger partial charge in [0.1, 0.15) is 17.8 Å². The van der Waals surface area contributed by atoms with Crippen molar-refractivity contribution in [2.45, 2.75) is 6.92 Å². The summed E-state index contributed by atoms with van der Waals surface area (Å²) in [6.07, 6.45) is 1.36. The van der Waals surface area contributed by atoms with Gasteiger partial charge in [-0.25, -0.2) is 4.98 Å². The Kier molecular flexibility index (Phi) is 4.74. The van der Waals surface area contributed by atoms with Crippen molar-refractivity contribution in [2.75, 3.05) is 11.1 Å². The van der Waals surface area contributed by atoms with Crippen molar-refractivity contribution >= 4 is 40.4 Å². The van der Waals surface area contributed by atoms with Gasteiger partial charge < -0.3 is 15.8 Å². The standard InChI is InChI=1S/C17H14Cl2N4O/c1-10-2-5-12(6-3-10)24-17-15(20)16(21-9-22-17)23-14-8-11(18)4-7-13(14)19/h2-9H,20H2,1H3,(H,21,22,23). The van der Waals surface area contributed by atoms with E-state index < -0.39 is 0 Å². The first-order valence-electron chi connectivity index (χ1n) is 7.10. The largest absolute Gasteiger partial charge is 0.437 e. The molecule has 1 heterocycles. The molecule has 0 aliphatic heterocycles. The Morgan fingerprint density at radius 3 is 2.54 bits per heavy atom. The number of hydrogen-bond acceptors (Lipinski definition) is 5. The van der Waals surface area contributed by atoms with Crippen LogP contribution in [0.5, 0.6) is 11.6 Å². The molecule has 0 spiro atoms. The van der Waals surface area contributed by atoms with E-state index in [1.807, 2.05) is 31.2 Å². The van der Waals surface area contributed by atoms with Crippen molar-refractivity contribution in [2.24, 2.45) is 0 Å². The number of anilines is 3. The molecule has 3 rings (SSSR count). The summed E-state index contributed by atoms with van der Waals surface area (Å²) in [7, 11) is 0.